The van der Waals surface area contributed by atoms with Crippen molar-refractivity contribution < 1.29 is 14.3 Å². The third-order valence-corrected chi connectivity index (χ3v) is 8.63. The van der Waals surface area contributed by atoms with E-state index in [0.29, 0.717) is 31.2 Å². The molecular formula is C27H33ClN4O3S. The minimum Gasteiger partial charge on any atom is -0.379 e. The number of halogens is 1. The number of carbonyl (C=O) groups is 2. The molecule has 0 bridgehead atoms. The largest absolute Gasteiger partial charge is 0.379 e. The van der Waals surface area contributed by atoms with E-state index in [2.05, 4.69) is 4.90 Å². The van der Waals surface area contributed by atoms with E-state index >= 15 is 0 Å². The third kappa shape index (κ3) is 5.83. The van der Waals surface area contributed by atoms with E-state index in [9.17, 15) is 9.59 Å². The van der Waals surface area contributed by atoms with E-state index in [0.717, 1.165) is 61.5 Å². The average Bonchev–Trinajstić information content (AvgIpc) is 3.68. The van der Waals surface area contributed by atoms with Gasteiger partial charge in [-0.25, -0.2) is 5.01 Å². The number of morpholine rings is 1. The fourth-order valence-electron chi connectivity index (χ4n) is 5.34. The summed E-state index contributed by atoms with van der Waals surface area (Å²) in [5, 5.41) is 8.98. The zero-order chi connectivity index (χ0) is 24.9. The van der Waals surface area contributed by atoms with Gasteiger partial charge < -0.3 is 9.64 Å². The van der Waals surface area contributed by atoms with Crippen LogP contribution in [-0.2, 0) is 14.3 Å². The molecule has 1 aromatic heterocycles. The predicted octanol–water partition coefficient (Wildman–Crippen LogP) is 4.43. The molecule has 3 heterocycles. The Balaban J connectivity index is 1.36. The van der Waals surface area contributed by atoms with Crippen LogP contribution in [0.1, 0.15) is 48.6 Å². The lowest BCUT2D eigenvalue weighted by Gasteiger charge is -2.32. The molecule has 1 aromatic carbocycles. The first-order chi connectivity index (χ1) is 17.6. The van der Waals surface area contributed by atoms with Gasteiger partial charge in [0.2, 0.25) is 5.91 Å². The van der Waals surface area contributed by atoms with Crippen molar-refractivity contribution in [1.29, 1.82) is 0 Å². The standard InChI is InChI=1S/C27H33ClN4O3S/c28-22-9-4-3-8-21(22)24-18-23(25-10-5-17-36-25)29-32(24)26(33)19-31(27(34)20-6-1-2-7-20)12-11-30-13-15-35-16-14-30/h3-5,8-10,17,20,24H,1-2,6-7,11-16,18-19H2. The number of benzene rings is 1. The smallest absolute Gasteiger partial charge is 0.262 e. The molecule has 0 N–H and O–H groups in total. The molecule has 36 heavy (non-hydrogen) atoms. The Hall–Kier alpha value is -2.26. The molecular weight excluding hydrogens is 496 g/mol. The summed E-state index contributed by atoms with van der Waals surface area (Å²) in [4.78, 5) is 32.4. The molecule has 5 rings (SSSR count). The average molecular weight is 529 g/mol. The number of nitrogens with zero attached hydrogens (tertiary/aromatic N) is 4. The first-order valence-corrected chi connectivity index (χ1v) is 14.1. The summed E-state index contributed by atoms with van der Waals surface area (Å²) < 4.78 is 5.46. The Morgan fingerprint density at radius 1 is 1.11 bits per heavy atom. The maximum atomic E-state index is 13.8. The van der Waals surface area contributed by atoms with Gasteiger partial charge in [0.05, 0.1) is 29.8 Å². The van der Waals surface area contributed by atoms with Gasteiger partial charge in [-0.05, 0) is 35.9 Å². The number of rotatable bonds is 8. The molecule has 3 aliphatic rings. The predicted molar refractivity (Wildman–Crippen MR) is 142 cm³/mol. The van der Waals surface area contributed by atoms with Crippen molar-refractivity contribution in [2.45, 2.75) is 38.1 Å². The lowest BCUT2D eigenvalue weighted by Crippen LogP contribution is -2.48. The van der Waals surface area contributed by atoms with E-state index in [4.69, 9.17) is 21.4 Å². The maximum Gasteiger partial charge on any atom is 0.262 e. The van der Waals surface area contributed by atoms with Gasteiger partial charge in [-0.15, -0.1) is 11.3 Å². The molecule has 0 spiro atoms. The topological polar surface area (TPSA) is 65.5 Å². The number of carbonyl (C=O) groups excluding carboxylic acids is 2. The quantitative estimate of drug-likeness (QED) is 0.508. The molecule has 1 atom stereocenters. The van der Waals surface area contributed by atoms with Gasteiger partial charge in [0.15, 0.2) is 0 Å². The van der Waals surface area contributed by atoms with Crippen molar-refractivity contribution in [2.75, 3.05) is 45.9 Å². The van der Waals surface area contributed by atoms with Crippen molar-refractivity contribution in [3.05, 3.63) is 57.2 Å². The lowest BCUT2D eigenvalue weighted by atomic mass is 10.0. The van der Waals surface area contributed by atoms with Crippen molar-refractivity contribution in [3.63, 3.8) is 0 Å². The van der Waals surface area contributed by atoms with Crippen LogP contribution in [0.4, 0.5) is 0 Å². The summed E-state index contributed by atoms with van der Waals surface area (Å²) in [5.74, 6) is -0.0459. The van der Waals surface area contributed by atoms with Crippen LogP contribution in [-0.4, -0.2) is 78.3 Å². The molecule has 2 aliphatic heterocycles. The molecule has 2 amide bonds. The number of amides is 2. The Morgan fingerprint density at radius 2 is 1.89 bits per heavy atom. The van der Waals surface area contributed by atoms with Crippen molar-refractivity contribution in [3.8, 4) is 0 Å². The summed E-state index contributed by atoms with van der Waals surface area (Å²) in [6.07, 6.45) is 4.58. The molecule has 7 nitrogen and oxygen atoms in total. The van der Waals surface area contributed by atoms with Gasteiger partial charge in [0.1, 0.15) is 6.54 Å². The van der Waals surface area contributed by atoms with Gasteiger partial charge in [0.25, 0.3) is 5.91 Å². The van der Waals surface area contributed by atoms with Gasteiger partial charge in [0, 0.05) is 43.5 Å². The molecule has 2 fully saturated rings. The molecule has 192 valence electrons. The summed E-state index contributed by atoms with van der Waals surface area (Å²) in [6.45, 7) is 4.44. The van der Waals surface area contributed by atoms with E-state index in [1.54, 1.807) is 21.2 Å². The van der Waals surface area contributed by atoms with E-state index in [-0.39, 0.29) is 30.3 Å². The highest BCUT2D eigenvalue weighted by atomic mass is 35.5. The van der Waals surface area contributed by atoms with Crippen LogP contribution < -0.4 is 0 Å². The minimum absolute atomic E-state index is 0.0191. The second-order valence-electron chi connectivity index (χ2n) is 9.70. The molecule has 1 saturated heterocycles. The summed E-state index contributed by atoms with van der Waals surface area (Å²) in [6, 6.07) is 11.4. The van der Waals surface area contributed by atoms with E-state index < -0.39 is 0 Å². The highest BCUT2D eigenvalue weighted by molar-refractivity contribution is 7.12. The molecule has 9 heteroatoms. The highest BCUT2D eigenvalue weighted by Gasteiger charge is 2.36. The fraction of sp³-hybridized carbons (Fsp3) is 0.519. The second-order valence-corrected chi connectivity index (χ2v) is 11.1. The molecule has 1 saturated carbocycles. The fourth-order valence-corrected chi connectivity index (χ4v) is 6.32. The summed E-state index contributed by atoms with van der Waals surface area (Å²) >= 11 is 8.17. The first-order valence-electron chi connectivity index (χ1n) is 12.9. The van der Waals surface area contributed by atoms with Gasteiger partial charge in [-0.1, -0.05) is 48.7 Å². The first kappa shape index (κ1) is 25.4. The van der Waals surface area contributed by atoms with Gasteiger partial charge in [-0.2, -0.15) is 5.10 Å². The van der Waals surface area contributed by atoms with Crippen LogP contribution in [0, 0.1) is 5.92 Å². The van der Waals surface area contributed by atoms with Crippen LogP contribution in [0.3, 0.4) is 0 Å². The van der Waals surface area contributed by atoms with Crippen molar-refractivity contribution >= 4 is 40.5 Å². The Bertz CT molecular complexity index is 1080. The van der Waals surface area contributed by atoms with Crippen LogP contribution in [0.2, 0.25) is 5.02 Å². The van der Waals surface area contributed by atoms with Gasteiger partial charge >= 0.3 is 0 Å². The molecule has 2 aromatic rings. The summed E-state index contributed by atoms with van der Waals surface area (Å²) in [5.41, 5.74) is 1.76. The maximum absolute atomic E-state index is 13.8. The lowest BCUT2D eigenvalue weighted by molar-refractivity contribution is -0.144. The number of ether oxygens (including phenoxy) is 1. The number of hydrazone groups is 1. The number of hydrogen-bond acceptors (Lipinski definition) is 6. The van der Waals surface area contributed by atoms with Gasteiger partial charge in [-0.3, -0.25) is 14.5 Å². The van der Waals surface area contributed by atoms with Crippen molar-refractivity contribution in [2.24, 2.45) is 11.0 Å². The third-order valence-electron chi connectivity index (χ3n) is 7.37. The number of thiophene rings is 1. The minimum atomic E-state index is -0.286. The number of hydrogen-bond donors (Lipinski definition) is 0. The highest BCUT2D eigenvalue weighted by Crippen LogP contribution is 2.37. The molecule has 0 radical (unpaired) electrons. The Kier molecular flexibility index (Phi) is 8.36. The Morgan fingerprint density at radius 3 is 2.61 bits per heavy atom. The summed E-state index contributed by atoms with van der Waals surface area (Å²) in [7, 11) is 0. The van der Waals surface area contributed by atoms with Crippen LogP contribution >= 0.6 is 22.9 Å². The molecule has 1 unspecified atom stereocenters. The van der Waals surface area contributed by atoms with E-state index in [1.807, 2.05) is 41.8 Å². The van der Waals surface area contributed by atoms with Crippen LogP contribution in [0.5, 0.6) is 0 Å². The zero-order valence-corrected chi connectivity index (χ0v) is 22.1. The normalized spacial score (nSPS) is 21.1. The van der Waals surface area contributed by atoms with Crippen LogP contribution in [0.15, 0.2) is 46.9 Å². The SMILES string of the molecule is O=C(C1CCCC1)N(CCN1CCOCC1)CC(=O)N1N=C(c2cccs2)CC1c1ccccc1Cl. The van der Waals surface area contributed by atoms with Crippen LogP contribution in [0.25, 0.3) is 0 Å². The monoisotopic (exact) mass is 528 g/mol. The molecule has 1 aliphatic carbocycles. The van der Waals surface area contributed by atoms with E-state index in [1.165, 1.54) is 0 Å². The Labute approximate surface area is 221 Å². The second kappa shape index (κ2) is 11.9. The zero-order valence-electron chi connectivity index (χ0n) is 20.5. The van der Waals surface area contributed by atoms with Crippen molar-refractivity contribution in [1.82, 2.24) is 14.8 Å².